The van der Waals surface area contributed by atoms with Crippen LogP contribution in [-0.4, -0.2) is 34.5 Å². The van der Waals surface area contributed by atoms with E-state index in [2.05, 4.69) is 9.78 Å². The number of rotatable bonds is 5. The van der Waals surface area contributed by atoms with Gasteiger partial charge >= 0.3 is 11.9 Å². The lowest BCUT2D eigenvalue weighted by Gasteiger charge is -2.16. The Morgan fingerprint density at radius 1 is 1.38 bits per heavy atom. The van der Waals surface area contributed by atoms with E-state index in [9.17, 15) is 14.4 Å². The van der Waals surface area contributed by atoms with E-state index in [0.29, 0.717) is 9.32 Å². The van der Waals surface area contributed by atoms with Crippen LogP contribution in [-0.2, 0) is 24.2 Å². The smallest absolute Gasteiger partial charge is 0.413 e. The monoisotopic (exact) mass is 264 g/mol. The molecule has 0 unspecified atom stereocenters. The molecule has 1 aliphatic heterocycles. The van der Waals surface area contributed by atoms with Crippen LogP contribution in [0.5, 0.6) is 0 Å². The number of hydrogen-bond donors (Lipinski definition) is 1. The largest absolute Gasteiger partial charge is 0.477 e. The molecular formula is C8H8O6S2. The predicted molar refractivity (Wildman–Crippen MR) is 57.4 cm³/mol. The summed E-state index contributed by atoms with van der Waals surface area (Å²) in [6.07, 6.45) is 0. The van der Waals surface area contributed by atoms with Gasteiger partial charge in [-0.1, -0.05) is 0 Å². The van der Waals surface area contributed by atoms with Gasteiger partial charge in [0.15, 0.2) is 0 Å². The van der Waals surface area contributed by atoms with Gasteiger partial charge in [0, 0.05) is 5.08 Å². The fourth-order valence-electron chi connectivity index (χ4n) is 0.792. The maximum absolute atomic E-state index is 11.4. The second-order valence-electron chi connectivity index (χ2n) is 2.48. The van der Waals surface area contributed by atoms with Gasteiger partial charge in [-0.3, -0.25) is 9.68 Å². The van der Waals surface area contributed by atoms with E-state index >= 15 is 0 Å². The van der Waals surface area contributed by atoms with Crippen LogP contribution in [0.2, 0.25) is 0 Å². The minimum atomic E-state index is -1.44. The van der Waals surface area contributed by atoms with Gasteiger partial charge in [-0.2, -0.15) is 4.89 Å². The Labute approximate surface area is 99.3 Å². The molecule has 1 rings (SSSR count). The number of hydrogen-bond acceptors (Lipinski definition) is 7. The predicted octanol–water partition coefficient (Wildman–Crippen LogP) is 0.784. The number of ketones is 1. The third kappa shape index (κ3) is 3.00. The molecule has 0 bridgehead atoms. The second-order valence-corrected chi connectivity index (χ2v) is 5.08. The fraction of sp³-hybridized carbons (Fsp3) is 0.375. The molecule has 1 fully saturated rings. The third-order valence-corrected chi connectivity index (χ3v) is 4.05. The van der Waals surface area contributed by atoms with E-state index in [-0.39, 0.29) is 6.61 Å². The van der Waals surface area contributed by atoms with Crippen molar-refractivity contribution in [3.63, 3.8) is 0 Å². The first-order chi connectivity index (χ1) is 7.57. The minimum absolute atomic E-state index is 0.0848. The minimum Gasteiger partial charge on any atom is -0.477 e. The Hall–Kier alpha value is -0.990. The summed E-state index contributed by atoms with van der Waals surface area (Å²) in [5.74, 6) is -3.95. The summed E-state index contributed by atoms with van der Waals surface area (Å²) in [6, 6.07) is 0. The van der Waals surface area contributed by atoms with Crippen LogP contribution in [0.1, 0.15) is 6.92 Å². The maximum Gasteiger partial charge on any atom is 0.413 e. The Bertz CT molecular complexity index is 356. The highest BCUT2D eigenvalue weighted by Gasteiger charge is 2.33. The third-order valence-electron chi connectivity index (χ3n) is 1.46. The normalized spacial score (nSPS) is 13.9. The summed E-state index contributed by atoms with van der Waals surface area (Å²) in [5, 5.41) is 9.47. The zero-order valence-corrected chi connectivity index (χ0v) is 9.85. The highest BCUT2D eigenvalue weighted by Crippen LogP contribution is 2.45. The van der Waals surface area contributed by atoms with E-state index < -0.39 is 23.3 Å². The van der Waals surface area contributed by atoms with Crippen molar-refractivity contribution in [1.82, 2.24) is 0 Å². The number of carboxylic acids is 1. The number of thioether (sulfide) groups is 2. The molecule has 0 radical (unpaired) electrons. The molecule has 1 heterocycles. The van der Waals surface area contributed by atoms with Crippen molar-refractivity contribution in [2.75, 3.05) is 11.7 Å². The Kier molecular flexibility index (Phi) is 4.84. The Balaban J connectivity index is 2.77. The molecule has 1 saturated heterocycles. The molecule has 0 aromatic carbocycles. The van der Waals surface area contributed by atoms with Gasteiger partial charge in [0.2, 0.25) is 0 Å². The van der Waals surface area contributed by atoms with Crippen LogP contribution in [0.4, 0.5) is 0 Å². The molecule has 0 saturated carbocycles. The highest BCUT2D eigenvalue weighted by molar-refractivity contribution is 8.37. The molecule has 0 atom stereocenters. The van der Waals surface area contributed by atoms with Crippen LogP contribution >= 0.6 is 23.5 Å². The van der Waals surface area contributed by atoms with Gasteiger partial charge in [-0.25, -0.2) is 9.59 Å². The molecule has 1 N–H and O–H groups in total. The summed E-state index contributed by atoms with van der Waals surface area (Å²) in [6.45, 7) is 1.65. The summed E-state index contributed by atoms with van der Waals surface area (Å²) in [4.78, 5) is 41.7. The van der Waals surface area contributed by atoms with Crippen molar-refractivity contribution >= 4 is 41.2 Å². The topological polar surface area (TPSA) is 89.9 Å². The van der Waals surface area contributed by atoms with Crippen LogP contribution in [0.25, 0.3) is 0 Å². The van der Waals surface area contributed by atoms with Crippen LogP contribution in [0.3, 0.4) is 0 Å². The van der Waals surface area contributed by atoms with Crippen molar-refractivity contribution in [3.05, 3.63) is 9.81 Å². The van der Waals surface area contributed by atoms with Crippen molar-refractivity contribution in [2.45, 2.75) is 6.92 Å². The van der Waals surface area contributed by atoms with E-state index in [1.807, 2.05) is 0 Å². The average molecular weight is 264 g/mol. The SMILES string of the molecule is CCOOC(=O)C(=O)C(C(=O)O)=C1SCS1. The molecule has 0 aromatic heterocycles. The van der Waals surface area contributed by atoms with Gasteiger partial charge in [-0.05, 0) is 6.92 Å². The summed E-state index contributed by atoms with van der Waals surface area (Å²) < 4.78 is 0.325. The van der Waals surface area contributed by atoms with Gasteiger partial charge < -0.3 is 5.11 Å². The number of carboxylic acid groups (broad SMARTS) is 1. The lowest BCUT2D eigenvalue weighted by molar-refractivity contribution is -0.266. The first-order valence-electron chi connectivity index (χ1n) is 4.19. The van der Waals surface area contributed by atoms with Crippen LogP contribution in [0.15, 0.2) is 9.81 Å². The van der Waals surface area contributed by atoms with E-state index in [1.165, 1.54) is 23.5 Å². The highest BCUT2D eigenvalue weighted by atomic mass is 32.3. The first kappa shape index (κ1) is 13.1. The molecule has 6 nitrogen and oxygen atoms in total. The standard InChI is InChI=1S/C8H8O6S2/c1-2-13-14-7(12)5(9)4(6(10)11)8-15-3-16-8/h2-3H2,1H3,(H,10,11). The lowest BCUT2D eigenvalue weighted by Crippen LogP contribution is -2.25. The summed E-state index contributed by atoms with van der Waals surface area (Å²) in [7, 11) is 0. The number of carbonyl (C=O) groups excluding carboxylic acids is 2. The molecule has 8 heteroatoms. The van der Waals surface area contributed by atoms with Crippen LogP contribution < -0.4 is 0 Å². The van der Waals surface area contributed by atoms with Gasteiger partial charge in [0.1, 0.15) is 5.57 Å². The van der Waals surface area contributed by atoms with E-state index in [4.69, 9.17) is 5.11 Å². The van der Waals surface area contributed by atoms with Gasteiger partial charge in [0.05, 0.1) is 10.8 Å². The van der Waals surface area contributed by atoms with Gasteiger partial charge in [0.25, 0.3) is 5.78 Å². The number of Topliss-reactive ketones (excluding diaryl/α,β-unsaturated/α-hetero) is 1. The van der Waals surface area contributed by atoms with E-state index in [0.717, 1.165) is 0 Å². The summed E-state index contributed by atoms with van der Waals surface area (Å²) in [5.41, 5.74) is -0.550. The van der Waals surface area contributed by atoms with Crippen molar-refractivity contribution in [3.8, 4) is 0 Å². The van der Waals surface area contributed by atoms with Crippen molar-refractivity contribution in [1.29, 1.82) is 0 Å². The van der Waals surface area contributed by atoms with Gasteiger partial charge in [-0.15, -0.1) is 23.5 Å². The first-order valence-corrected chi connectivity index (χ1v) is 6.16. The lowest BCUT2D eigenvalue weighted by atomic mass is 10.2. The summed E-state index contributed by atoms with van der Waals surface area (Å²) >= 11 is 2.41. The molecule has 0 amide bonds. The quantitative estimate of drug-likeness (QED) is 0.195. The molecular weight excluding hydrogens is 256 g/mol. The zero-order valence-electron chi connectivity index (χ0n) is 8.22. The maximum atomic E-state index is 11.4. The van der Waals surface area contributed by atoms with Crippen molar-refractivity contribution < 1.29 is 29.3 Å². The molecule has 0 aliphatic carbocycles. The van der Waals surface area contributed by atoms with Crippen molar-refractivity contribution in [2.24, 2.45) is 0 Å². The molecule has 1 aliphatic rings. The molecule has 88 valence electrons. The second kappa shape index (κ2) is 5.92. The average Bonchev–Trinajstić information content (AvgIpc) is 2.18. The number of aliphatic carboxylic acids is 1. The van der Waals surface area contributed by atoms with E-state index in [1.54, 1.807) is 6.92 Å². The Morgan fingerprint density at radius 3 is 2.38 bits per heavy atom. The fourth-order valence-corrected chi connectivity index (χ4v) is 2.38. The molecule has 0 aromatic rings. The van der Waals surface area contributed by atoms with Crippen LogP contribution in [0, 0.1) is 0 Å². The Morgan fingerprint density at radius 2 is 2.00 bits per heavy atom. The molecule has 0 spiro atoms. The molecule has 16 heavy (non-hydrogen) atoms. The number of carbonyl (C=O) groups is 3. The zero-order chi connectivity index (χ0) is 12.1.